The number of halogens is 1. The summed E-state index contributed by atoms with van der Waals surface area (Å²) in [5.41, 5.74) is 1.10. The third kappa shape index (κ3) is 3.53. The molecule has 0 saturated heterocycles. The second-order valence-electron chi connectivity index (χ2n) is 4.31. The maximum absolute atomic E-state index is 6.07. The largest absolute Gasteiger partial charge is 0.495 e. The molecule has 0 spiro atoms. The number of aliphatic imine (C=N–C) groups is 1. The summed E-state index contributed by atoms with van der Waals surface area (Å²) in [7, 11) is 3.39. The smallest absolute Gasteiger partial charge is 0.191 e. The zero-order valence-electron chi connectivity index (χ0n) is 10.7. The number of nitrogens with one attached hydrogen (secondary N) is 2. The van der Waals surface area contributed by atoms with E-state index in [0.717, 1.165) is 11.5 Å². The van der Waals surface area contributed by atoms with Crippen LogP contribution in [0.1, 0.15) is 18.4 Å². The number of rotatable bonds is 4. The van der Waals surface area contributed by atoms with Crippen LogP contribution in [0.2, 0.25) is 5.02 Å². The molecule has 1 aliphatic rings. The summed E-state index contributed by atoms with van der Waals surface area (Å²) >= 11 is 6.07. The van der Waals surface area contributed by atoms with E-state index in [0.29, 0.717) is 23.4 Å². The lowest BCUT2D eigenvalue weighted by Crippen LogP contribution is -2.38. The van der Waals surface area contributed by atoms with Crippen LogP contribution in [0.15, 0.2) is 23.2 Å². The molecule has 0 atom stereocenters. The first kappa shape index (κ1) is 13.0. The van der Waals surface area contributed by atoms with Crippen molar-refractivity contribution in [3.05, 3.63) is 28.8 Å². The van der Waals surface area contributed by atoms with Gasteiger partial charge in [-0.3, -0.25) is 4.99 Å². The van der Waals surface area contributed by atoms with Gasteiger partial charge in [0.15, 0.2) is 5.96 Å². The maximum atomic E-state index is 6.07. The highest BCUT2D eigenvalue weighted by Gasteiger charge is 2.21. The monoisotopic (exact) mass is 267 g/mol. The second kappa shape index (κ2) is 5.96. The number of hydrogen-bond acceptors (Lipinski definition) is 2. The molecule has 2 rings (SSSR count). The van der Waals surface area contributed by atoms with Crippen molar-refractivity contribution in [3.63, 3.8) is 0 Å². The normalized spacial score (nSPS) is 15.4. The molecule has 5 heteroatoms. The van der Waals surface area contributed by atoms with E-state index in [1.165, 1.54) is 12.8 Å². The van der Waals surface area contributed by atoms with E-state index in [1.807, 2.05) is 18.2 Å². The summed E-state index contributed by atoms with van der Waals surface area (Å²) in [6, 6.07) is 6.35. The van der Waals surface area contributed by atoms with Gasteiger partial charge in [-0.05, 0) is 30.5 Å². The molecule has 1 aliphatic carbocycles. The van der Waals surface area contributed by atoms with Gasteiger partial charge in [-0.2, -0.15) is 0 Å². The molecule has 1 fully saturated rings. The fraction of sp³-hybridized carbons (Fsp3) is 0.462. The lowest BCUT2D eigenvalue weighted by Gasteiger charge is -2.12. The molecule has 0 unspecified atom stereocenters. The minimum atomic E-state index is 0.593. The molecule has 0 aliphatic heterocycles. The average molecular weight is 268 g/mol. The predicted molar refractivity (Wildman–Crippen MR) is 74.4 cm³/mol. The molecule has 1 aromatic carbocycles. The molecule has 18 heavy (non-hydrogen) atoms. The molecule has 98 valence electrons. The Kier molecular flexibility index (Phi) is 4.31. The van der Waals surface area contributed by atoms with E-state index in [1.54, 1.807) is 14.2 Å². The van der Waals surface area contributed by atoms with Crippen molar-refractivity contribution in [3.8, 4) is 5.75 Å². The standard InChI is InChI=1S/C13H18ClN3O/c1-15-13(17-10-4-5-10)16-8-9-3-6-12(18-2)11(14)7-9/h3,6-7,10H,4-5,8H2,1-2H3,(H2,15,16,17). The third-order valence-electron chi connectivity index (χ3n) is 2.82. The van der Waals surface area contributed by atoms with Crippen LogP contribution < -0.4 is 15.4 Å². The predicted octanol–water partition coefficient (Wildman–Crippen LogP) is 2.18. The summed E-state index contributed by atoms with van der Waals surface area (Å²) in [4.78, 5) is 4.18. The number of hydrogen-bond donors (Lipinski definition) is 2. The van der Waals surface area contributed by atoms with Crippen molar-refractivity contribution in [2.24, 2.45) is 4.99 Å². The first-order valence-corrected chi connectivity index (χ1v) is 6.40. The molecule has 2 N–H and O–H groups in total. The Morgan fingerprint density at radius 3 is 2.83 bits per heavy atom. The van der Waals surface area contributed by atoms with Crippen LogP contribution in [0.4, 0.5) is 0 Å². The lowest BCUT2D eigenvalue weighted by molar-refractivity contribution is 0.415. The third-order valence-corrected chi connectivity index (χ3v) is 3.11. The van der Waals surface area contributed by atoms with Crippen LogP contribution in [-0.4, -0.2) is 26.2 Å². The number of nitrogens with zero attached hydrogens (tertiary/aromatic N) is 1. The van der Waals surface area contributed by atoms with Gasteiger partial charge in [-0.25, -0.2) is 0 Å². The molecule has 0 amide bonds. The van der Waals surface area contributed by atoms with Crippen molar-refractivity contribution in [2.45, 2.75) is 25.4 Å². The van der Waals surface area contributed by atoms with E-state index in [9.17, 15) is 0 Å². The van der Waals surface area contributed by atoms with Crippen LogP contribution in [0.5, 0.6) is 5.75 Å². The quantitative estimate of drug-likeness (QED) is 0.649. The summed E-state index contributed by atoms with van der Waals surface area (Å²) in [6.45, 7) is 0.691. The van der Waals surface area contributed by atoms with Crippen LogP contribution in [-0.2, 0) is 6.54 Å². The fourth-order valence-corrected chi connectivity index (χ4v) is 1.90. The number of ether oxygens (including phenoxy) is 1. The molecule has 0 heterocycles. The Bertz CT molecular complexity index is 444. The van der Waals surface area contributed by atoms with E-state index in [2.05, 4.69) is 15.6 Å². The van der Waals surface area contributed by atoms with Gasteiger partial charge in [-0.1, -0.05) is 17.7 Å². The zero-order valence-corrected chi connectivity index (χ0v) is 11.4. The summed E-state index contributed by atoms with van der Waals surface area (Å²) in [5.74, 6) is 1.53. The molecular weight excluding hydrogens is 250 g/mol. The Hall–Kier alpha value is -1.42. The maximum Gasteiger partial charge on any atom is 0.191 e. The Morgan fingerprint density at radius 2 is 2.28 bits per heavy atom. The first-order chi connectivity index (χ1) is 8.72. The average Bonchev–Trinajstić information content (AvgIpc) is 3.18. The highest BCUT2D eigenvalue weighted by atomic mass is 35.5. The van der Waals surface area contributed by atoms with Crippen molar-refractivity contribution in [1.82, 2.24) is 10.6 Å². The van der Waals surface area contributed by atoms with Crippen LogP contribution >= 0.6 is 11.6 Å². The topological polar surface area (TPSA) is 45.7 Å². The molecule has 1 saturated carbocycles. The summed E-state index contributed by atoms with van der Waals surface area (Å²) in [5, 5.41) is 7.22. The van der Waals surface area contributed by atoms with Crippen molar-refractivity contribution in [2.75, 3.05) is 14.2 Å². The Labute approximate surface area is 112 Å². The fourth-order valence-electron chi connectivity index (χ4n) is 1.62. The highest BCUT2D eigenvalue weighted by Crippen LogP contribution is 2.24. The Balaban J connectivity index is 1.90. The number of benzene rings is 1. The summed E-state index contributed by atoms with van der Waals surface area (Å²) in [6.07, 6.45) is 2.46. The van der Waals surface area contributed by atoms with Crippen LogP contribution in [0.3, 0.4) is 0 Å². The molecule has 1 aromatic rings. The highest BCUT2D eigenvalue weighted by molar-refractivity contribution is 6.32. The van der Waals surface area contributed by atoms with Gasteiger partial charge in [0.05, 0.1) is 12.1 Å². The van der Waals surface area contributed by atoms with Crippen LogP contribution in [0, 0.1) is 0 Å². The van der Waals surface area contributed by atoms with E-state index in [-0.39, 0.29) is 0 Å². The molecule has 0 aromatic heterocycles. The van der Waals surface area contributed by atoms with E-state index < -0.39 is 0 Å². The van der Waals surface area contributed by atoms with Gasteiger partial charge in [0.2, 0.25) is 0 Å². The van der Waals surface area contributed by atoms with E-state index in [4.69, 9.17) is 16.3 Å². The van der Waals surface area contributed by atoms with E-state index >= 15 is 0 Å². The van der Waals surface area contributed by atoms with Gasteiger partial charge in [-0.15, -0.1) is 0 Å². The van der Waals surface area contributed by atoms with Gasteiger partial charge in [0.1, 0.15) is 5.75 Å². The first-order valence-electron chi connectivity index (χ1n) is 6.02. The van der Waals surface area contributed by atoms with Crippen molar-refractivity contribution in [1.29, 1.82) is 0 Å². The minimum Gasteiger partial charge on any atom is -0.495 e. The SMILES string of the molecule is CN=C(NCc1ccc(OC)c(Cl)c1)NC1CC1. The summed E-state index contributed by atoms with van der Waals surface area (Å²) < 4.78 is 5.12. The second-order valence-corrected chi connectivity index (χ2v) is 4.72. The number of methoxy groups -OCH3 is 1. The Morgan fingerprint density at radius 1 is 1.50 bits per heavy atom. The minimum absolute atomic E-state index is 0.593. The molecule has 0 radical (unpaired) electrons. The lowest BCUT2D eigenvalue weighted by atomic mass is 10.2. The van der Waals surface area contributed by atoms with Gasteiger partial charge in [0.25, 0.3) is 0 Å². The van der Waals surface area contributed by atoms with Crippen molar-refractivity contribution >= 4 is 17.6 Å². The molecule has 4 nitrogen and oxygen atoms in total. The van der Waals surface area contributed by atoms with Crippen molar-refractivity contribution < 1.29 is 4.74 Å². The zero-order chi connectivity index (χ0) is 13.0. The molecular formula is C13H18ClN3O. The van der Waals surface area contributed by atoms with Gasteiger partial charge >= 0.3 is 0 Å². The number of guanidine groups is 1. The molecule has 0 bridgehead atoms. The van der Waals surface area contributed by atoms with Gasteiger partial charge in [0, 0.05) is 19.6 Å². The van der Waals surface area contributed by atoms with Crippen LogP contribution in [0.25, 0.3) is 0 Å². The van der Waals surface area contributed by atoms with Gasteiger partial charge < -0.3 is 15.4 Å².